The van der Waals surface area contributed by atoms with Gasteiger partial charge in [-0.05, 0) is 43.7 Å². The van der Waals surface area contributed by atoms with Gasteiger partial charge in [-0.2, -0.15) is 5.10 Å². The molecule has 0 radical (unpaired) electrons. The molecule has 4 rings (SSSR count). The topological polar surface area (TPSA) is 61.7 Å². The number of piperazine rings is 1. The molecule has 0 bridgehead atoms. The molecule has 0 saturated carbocycles. The highest BCUT2D eigenvalue weighted by Crippen LogP contribution is 2.32. The van der Waals surface area contributed by atoms with E-state index in [1.807, 2.05) is 61.2 Å². The minimum absolute atomic E-state index is 0.0101. The molecule has 3 aromatic rings. The minimum Gasteiger partial charge on any atom is -0.367 e. The van der Waals surface area contributed by atoms with Crippen LogP contribution >= 0.6 is 0 Å². The quantitative estimate of drug-likeness (QED) is 0.605. The molecule has 1 aliphatic heterocycles. The Hall–Kier alpha value is -3.61. The summed E-state index contributed by atoms with van der Waals surface area (Å²) < 4.78 is 1.78. The fourth-order valence-electron chi connectivity index (χ4n) is 4.33. The summed E-state index contributed by atoms with van der Waals surface area (Å²) in [5.41, 5.74) is 5.83. The van der Waals surface area contributed by atoms with Crippen LogP contribution in [0.25, 0.3) is 11.1 Å². The first kappa shape index (κ1) is 22.6. The van der Waals surface area contributed by atoms with Crippen molar-refractivity contribution in [1.82, 2.24) is 19.6 Å². The summed E-state index contributed by atoms with van der Waals surface area (Å²) in [4.78, 5) is 31.1. The van der Waals surface area contributed by atoms with E-state index in [1.165, 1.54) is 0 Å². The van der Waals surface area contributed by atoms with Crippen LogP contribution in [-0.4, -0.2) is 71.7 Å². The van der Waals surface area contributed by atoms with Gasteiger partial charge in [0.1, 0.15) is 6.54 Å². The fraction of sp³-hybridized carbons (Fsp3) is 0.346. The first-order valence-electron chi connectivity index (χ1n) is 11.3. The van der Waals surface area contributed by atoms with Gasteiger partial charge in [-0.15, -0.1) is 0 Å². The summed E-state index contributed by atoms with van der Waals surface area (Å²) in [6, 6.07) is 18.0. The van der Waals surface area contributed by atoms with E-state index >= 15 is 0 Å². The molecule has 172 valence electrons. The van der Waals surface area contributed by atoms with Gasteiger partial charge in [0, 0.05) is 62.8 Å². The van der Waals surface area contributed by atoms with Crippen molar-refractivity contribution in [2.45, 2.75) is 20.4 Å². The number of nitrogens with zero attached hydrogens (tertiary/aromatic N) is 5. The molecule has 0 N–H and O–H groups in total. The number of hydrogen-bond donors (Lipinski definition) is 0. The molecule has 1 aromatic heterocycles. The highest BCUT2D eigenvalue weighted by molar-refractivity contribution is 5.95. The van der Waals surface area contributed by atoms with Crippen molar-refractivity contribution >= 4 is 17.5 Å². The van der Waals surface area contributed by atoms with Crippen molar-refractivity contribution in [3.63, 3.8) is 0 Å². The van der Waals surface area contributed by atoms with Gasteiger partial charge in [-0.3, -0.25) is 14.3 Å². The Kier molecular flexibility index (Phi) is 6.49. The molecule has 2 heterocycles. The van der Waals surface area contributed by atoms with E-state index in [-0.39, 0.29) is 18.4 Å². The van der Waals surface area contributed by atoms with Crippen LogP contribution in [0.2, 0.25) is 0 Å². The largest absolute Gasteiger partial charge is 0.367 e. The molecule has 1 fully saturated rings. The fourth-order valence-corrected chi connectivity index (χ4v) is 4.33. The molecule has 7 heteroatoms. The van der Waals surface area contributed by atoms with Crippen LogP contribution < -0.4 is 4.90 Å². The number of aryl methyl sites for hydroxylation is 2. The van der Waals surface area contributed by atoms with Crippen LogP contribution in [0.5, 0.6) is 0 Å². The zero-order chi connectivity index (χ0) is 23.5. The lowest BCUT2D eigenvalue weighted by molar-refractivity contribution is -0.132. The molecule has 0 aliphatic carbocycles. The Morgan fingerprint density at radius 2 is 1.67 bits per heavy atom. The average Bonchev–Trinajstić information content (AvgIpc) is 3.14. The summed E-state index contributed by atoms with van der Waals surface area (Å²) >= 11 is 0. The van der Waals surface area contributed by atoms with Crippen molar-refractivity contribution in [3.8, 4) is 11.1 Å². The predicted octanol–water partition coefficient (Wildman–Crippen LogP) is 3.22. The van der Waals surface area contributed by atoms with Crippen molar-refractivity contribution < 1.29 is 9.59 Å². The molecule has 33 heavy (non-hydrogen) atoms. The van der Waals surface area contributed by atoms with Crippen LogP contribution in [0.4, 0.5) is 5.69 Å². The Balaban J connectivity index is 1.48. The van der Waals surface area contributed by atoms with Crippen LogP contribution in [0, 0.1) is 13.8 Å². The Morgan fingerprint density at radius 3 is 2.33 bits per heavy atom. The number of anilines is 1. The lowest BCUT2D eigenvalue weighted by Gasteiger charge is -2.37. The number of aromatic nitrogens is 2. The second-order valence-corrected chi connectivity index (χ2v) is 8.75. The average molecular weight is 446 g/mol. The third-order valence-electron chi connectivity index (χ3n) is 6.09. The minimum atomic E-state index is -0.0101. The normalized spacial score (nSPS) is 13.8. The molecule has 0 unspecified atom stereocenters. The smallest absolute Gasteiger partial charge is 0.253 e. The number of carbonyl (C=O) groups is 2. The van der Waals surface area contributed by atoms with Crippen molar-refractivity contribution in [2.75, 3.05) is 45.2 Å². The van der Waals surface area contributed by atoms with Gasteiger partial charge in [0.05, 0.1) is 5.69 Å². The molecule has 1 saturated heterocycles. The summed E-state index contributed by atoms with van der Waals surface area (Å²) in [5.74, 6) is 0.0908. The number of hydrogen-bond acceptors (Lipinski definition) is 4. The highest BCUT2D eigenvalue weighted by atomic mass is 16.2. The summed E-state index contributed by atoms with van der Waals surface area (Å²) in [5, 5.41) is 4.41. The molecule has 1 aliphatic rings. The first-order valence-corrected chi connectivity index (χ1v) is 11.3. The molecule has 2 aromatic carbocycles. The van der Waals surface area contributed by atoms with Crippen LogP contribution in [0.1, 0.15) is 21.7 Å². The maximum absolute atomic E-state index is 12.8. The lowest BCUT2D eigenvalue weighted by atomic mass is 10.00. The number of amides is 2. The standard InChI is InChI=1S/C26H31N5O2/c1-19-16-20(2)31(27-19)18-25(32)30-14-12-29(13-15-30)24-11-6-5-10-23(24)21-8-7-9-22(17-21)26(33)28(3)4/h5-11,16-17H,12-15,18H2,1-4H3. The van der Waals surface area contributed by atoms with Crippen LogP contribution in [0.3, 0.4) is 0 Å². The van der Waals surface area contributed by atoms with Crippen molar-refractivity contribution in [1.29, 1.82) is 0 Å². The van der Waals surface area contributed by atoms with E-state index < -0.39 is 0 Å². The number of rotatable bonds is 5. The van der Waals surface area contributed by atoms with E-state index in [4.69, 9.17) is 0 Å². The maximum atomic E-state index is 12.8. The molecule has 0 atom stereocenters. The third-order valence-corrected chi connectivity index (χ3v) is 6.09. The lowest BCUT2D eigenvalue weighted by Crippen LogP contribution is -2.49. The molecule has 0 spiro atoms. The molecule has 7 nitrogen and oxygen atoms in total. The molecule has 2 amide bonds. The monoisotopic (exact) mass is 445 g/mol. The van der Waals surface area contributed by atoms with E-state index in [2.05, 4.69) is 22.1 Å². The SMILES string of the molecule is Cc1cc(C)n(CC(=O)N2CCN(c3ccccc3-c3cccc(C(=O)N(C)C)c3)CC2)n1. The van der Waals surface area contributed by atoms with E-state index in [1.54, 1.807) is 23.7 Å². The summed E-state index contributed by atoms with van der Waals surface area (Å²) in [6.45, 7) is 7.06. The van der Waals surface area contributed by atoms with Gasteiger partial charge < -0.3 is 14.7 Å². The van der Waals surface area contributed by atoms with Gasteiger partial charge in [0.15, 0.2) is 0 Å². The van der Waals surface area contributed by atoms with Gasteiger partial charge in [0.25, 0.3) is 5.91 Å². The third kappa shape index (κ3) is 4.92. The summed E-state index contributed by atoms with van der Waals surface area (Å²) in [6.07, 6.45) is 0. The molecular weight excluding hydrogens is 414 g/mol. The predicted molar refractivity (Wildman–Crippen MR) is 130 cm³/mol. The van der Waals surface area contributed by atoms with E-state index in [0.717, 1.165) is 41.3 Å². The van der Waals surface area contributed by atoms with Gasteiger partial charge in [-0.1, -0.05) is 30.3 Å². The van der Waals surface area contributed by atoms with Gasteiger partial charge >= 0.3 is 0 Å². The Bertz CT molecular complexity index is 1160. The van der Waals surface area contributed by atoms with E-state index in [0.29, 0.717) is 18.7 Å². The number of carbonyl (C=O) groups excluding carboxylic acids is 2. The van der Waals surface area contributed by atoms with Gasteiger partial charge in [0.2, 0.25) is 5.91 Å². The number of benzene rings is 2. The van der Waals surface area contributed by atoms with Crippen LogP contribution in [-0.2, 0) is 11.3 Å². The molecular formula is C26H31N5O2. The van der Waals surface area contributed by atoms with Crippen LogP contribution in [0.15, 0.2) is 54.6 Å². The Morgan fingerprint density at radius 1 is 0.939 bits per heavy atom. The van der Waals surface area contributed by atoms with E-state index in [9.17, 15) is 9.59 Å². The van der Waals surface area contributed by atoms with Crippen molar-refractivity contribution in [2.24, 2.45) is 0 Å². The number of para-hydroxylation sites is 1. The highest BCUT2D eigenvalue weighted by Gasteiger charge is 2.23. The van der Waals surface area contributed by atoms with Gasteiger partial charge in [-0.25, -0.2) is 0 Å². The Labute approximate surface area is 195 Å². The van der Waals surface area contributed by atoms with Crippen molar-refractivity contribution in [3.05, 3.63) is 71.5 Å². The first-order chi connectivity index (χ1) is 15.8. The maximum Gasteiger partial charge on any atom is 0.253 e. The second kappa shape index (κ2) is 9.48. The second-order valence-electron chi connectivity index (χ2n) is 8.75. The zero-order valence-corrected chi connectivity index (χ0v) is 19.8. The zero-order valence-electron chi connectivity index (χ0n) is 19.8. The summed E-state index contributed by atoms with van der Waals surface area (Å²) in [7, 11) is 3.52.